The monoisotopic (exact) mass is 441 g/mol. The Morgan fingerprint density at radius 2 is 1.83 bits per heavy atom. The molecule has 2 aromatic heterocycles. The van der Waals surface area contributed by atoms with Crippen LogP contribution in [0.1, 0.15) is 11.4 Å². The van der Waals surface area contributed by atoms with Crippen molar-refractivity contribution in [3.8, 4) is 0 Å². The van der Waals surface area contributed by atoms with Gasteiger partial charge < -0.3 is 5.32 Å². The SMILES string of the molecule is CN(C)S(=O)Nc1cccc(Cc2nnc3ccc(Nc4cccc(Cl)c4)nn23)c1. The van der Waals surface area contributed by atoms with Crippen molar-refractivity contribution in [2.24, 2.45) is 0 Å². The van der Waals surface area contributed by atoms with Gasteiger partial charge in [0.1, 0.15) is 0 Å². The smallest absolute Gasteiger partial charge is 0.195 e. The van der Waals surface area contributed by atoms with Gasteiger partial charge >= 0.3 is 0 Å². The van der Waals surface area contributed by atoms with Crippen LogP contribution in [0.15, 0.2) is 60.7 Å². The Hall–Kier alpha value is -3.01. The number of anilines is 3. The van der Waals surface area contributed by atoms with Gasteiger partial charge in [0.25, 0.3) is 0 Å². The Bertz CT molecular complexity index is 1210. The molecular formula is C20H20ClN7OS. The van der Waals surface area contributed by atoms with Crippen molar-refractivity contribution in [3.05, 3.63) is 77.1 Å². The Morgan fingerprint density at radius 3 is 2.63 bits per heavy atom. The summed E-state index contributed by atoms with van der Waals surface area (Å²) in [7, 11) is 3.49. The molecule has 0 saturated heterocycles. The van der Waals surface area contributed by atoms with Gasteiger partial charge in [-0.3, -0.25) is 4.72 Å². The second kappa shape index (κ2) is 8.78. The fourth-order valence-electron chi connectivity index (χ4n) is 2.84. The topological polar surface area (TPSA) is 87.5 Å². The van der Waals surface area contributed by atoms with E-state index >= 15 is 0 Å². The molecule has 0 aliphatic rings. The minimum Gasteiger partial charge on any atom is -0.339 e. The van der Waals surface area contributed by atoms with E-state index in [1.807, 2.05) is 60.7 Å². The Morgan fingerprint density at radius 1 is 1.03 bits per heavy atom. The average Bonchev–Trinajstić information content (AvgIpc) is 3.10. The number of hydrogen-bond acceptors (Lipinski definition) is 5. The molecule has 0 aliphatic carbocycles. The molecule has 154 valence electrons. The van der Waals surface area contributed by atoms with Gasteiger partial charge in [-0.2, -0.15) is 4.52 Å². The van der Waals surface area contributed by atoms with Gasteiger partial charge in [0, 0.05) is 36.9 Å². The lowest BCUT2D eigenvalue weighted by atomic mass is 10.1. The Labute approximate surface area is 181 Å². The second-order valence-electron chi connectivity index (χ2n) is 6.78. The first-order chi connectivity index (χ1) is 14.5. The summed E-state index contributed by atoms with van der Waals surface area (Å²) in [6.07, 6.45) is 0.527. The van der Waals surface area contributed by atoms with Crippen LogP contribution in [0.5, 0.6) is 0 Å². The van der Waals surface area contributed by atoms with Crippen LogP contribution in [0.2, 0.25) is 5.02 Å². The van der Waals surface area contributed by atoms with Crippen LogP contribution in [0.4, 0.5) is 17.2 Å². The summed E-state index contributed by atoms with van der Waals surface area (Å²) in [5, 5.41) is 17.0. The molecule has 2 aromatic carbocycles. The van der Waals surface area contributed by atoms with E-state index in [4.69, 9.17) is 11.6 Å². The minimum absolute atomic E-state index is 0.527. The van der Waals surface area contributed by atoms with E-state index in [9.17, 15) is 4.21 Å². The zero-order chi connectivity index (χ0) is 21.1. The summed E-state index contributed by atoms with van der Waals surface area (Å²) in [5.41, 5.74) is 3.27. The van der Waals surface area contributed by atoms with E-state index in [-0.39, 0.29) is 0 Å². The predicted molar refractivity (Wildman–Crippen MR) is 120 cm³/mol. The molecule has 8 nitrogen and oxygen atoms in total. The van der Waals surface area contributed by atoms with Crippen LogP contribution < -0.4 is 10.0 Å². The molecule has 1 atom stereocenters. The maximum atomic E-state index is 12.0. The molecule has 2 N–H and O–H groups in total. The first kappa shape index (κ1) is 20.3. The fraction of sp³-hybridized carbons (Fsp3) is 0.150. The molecule has 4 rings (SSSR count). The lowest BCUT2D eigenvalue weighted by Crippen LogP contribution is -2.21. The molecule has 0 radical (unpaired) electrons. The molecule has 30 heavy (non-hydrogen) atoms. The van der Waals surface area contributed by atoms with Crippen molar-refractivity contribution in [2.45, 2.75) is 6.42 Å². The van der Waals surface area contributed by atoms with E-state index in [1.54, 1.807) is 22.9 Å². The van der Waals surface area contributed by atoms with Crippen molar-refractivity contribution in [3.63, 3.8) is 0 Å². The fourth-order valence-corrected chi connectivity index (χ4v) is 3.55. The maximum Gasteiger partial charge on any atom is 0.195 e. The third-order valence-corrected chi connectivity index (χ3v) is 5.56. The van der Waals surface area contributed by atoms with E-state index in [0.29, 0.717) is 28.7 Å². The van der Waals surface area contributed by atoms with Crippen LogP contribution in [0.25, 0.3) is 5.65 Å². The normalized spacial score (nSPS) is 12.3. The van der Waals surface area contributed by atoms with Crippen molar-refractivity contribution in [2.75, 3.05) is 24.1 Å². The molecule has 4 aromatic rings. The van der Waals surface area contributed by atoms with Gasteiger partial charge in [-0.15, -0.1) is 15.3 Å². The highest BCUT2D eigenvalue weighted by molar-refractivity contribution is 7.83. The third-order valence-electron chi connectivity index (χ3n) is 4.25. The van der Waals surface area contributed by atoms with E-state index in [1.165, 1.54) is 0 Å². The first-order valence-corrected chi connectivity index (χ1v) is 10.7. The van der Waals surface area contributed by atoms with Crippen molar-refractivity contribution in [1.29, 1.82) is 0 Å². The summed E-state index contributed by atoms with van der Waals surface area (Å²) in [6, 6.07) is 18.8. The molecule has 10 heteroatoms. The Balaban J connectivity index is 1.57. The summed E-state index contributed by atoms with van der Waals surface area (Å²) in [5.74, 6) is 1.35. The van der Waals surface area contributed by atoms with E-state index in [2.05, 4.69) is 25.3 Å². The highest BCUT2D eigenvalue weighted by Gasteiger charge is 2.10. The number of aromatic nitrogens is 4. The molecule has 0 aliphatic heterocycles. The number of halogens is 1. The summed E-state index contributed by atoms with van der Waals surface area (Å²) < 4.78 is 18.3. The standard InChI is InChI=1S/C20H20ClN7OS/c1-27(2)30(29)26-17-8-3-5-14(11-17)12-20-24-23-19-10-9-18(25-28(19)20)22-16-7-4-6-15(21)13-16/h3-11,13,26H,12H2,1-2H3,(H,22,25). The molecule has 0 amide bonds. The van der Waals surface area contributed by atoms with E-state index in [0.717, 1.165) is 16.9 Å². The van der Waals surface area contributed by atoms with E-state index < -0.39 is 11.2 Å². The molecule has 0 fully saturated rings. The molecule has 0 spiro atoms. The molecule has 0 bridgehead atoms. The number of nitrogens with one attached hydrogen (secondary N) is 2. The number of nitrogens with zero attached hydrogens (tertiary/aromatic N) is 5. The second-order valence-corrected chi connectivity index (χ2v) is 8.65. The van der Waals surface area contributed by atoms with Crippen molar-refractivity contribution < 1.29 is 4.21 Å². The number of fused-ring (bicyclic) bond motifs is 1. The van der Waals surface area contributed by atoms with Crippen LogP contribution in [0.3, 0.4) is 0 Å². The predicted octanol–water partition coefficient (Wildman–Crippen LogP) is 3.66. The summed E-state index contributed by atoms with van der Waals surface area (Å²) in [6.45, 7) is 0. The van der Waals surface area contributed by atoms with Crippen LogP contribution in [-0.2, 0) is 17.6 Å². The molecule has 0 saturated carbocycles. The number of benzene rings is 2. The molecular weight excluding hydrogens is 422 g/mol. The lowest BCUT2D eigenvalue weighted by molar-refractivity contribution is 0.608. The molecule has 1 unspecified atom stereocenters. The average molecular weight is 442 g/mol. The lowest BCUT2D eigenvalue weighted by Gasteiger charge is -2.12. The highest BCUT2D eigenvalue weighted by atomic mass is 35.5. The first-order valence-electron chi connectivity index (χ1n) is 9.17. The summed E-state index contributed by atoms with van der Waals surface area (Å²) >= 11 is 4.76. The summed E-state index contributed by atoms with van der Waals surface area (Å²) in [4.78, 5) is 0. The maximum absolute atomic E-state index is 12.0. The van der Waals surface area contributed by atoms with Gasteiger partial charge in [0.05, 0.1) is 0 Å². The van der Waals surface area contributed by atoms with Crippen molar-refractivity contribution >= 4 is 45.6 Å². The quantitative estimate of drug-likeness (QED) is 0.457. The van der Waals surface area contributed by atoms with Gasteiger partial charge in [0.15, 0.2) is 28.5 Å². The molecule has 2 heterocycles. The van der Waals surface area contributed by atoms with Crippen LogP contribution >= 0.6 is 11.6 Å². The number of rotatable bonds is 7. The van der Waals surface area contributed by atoms with Crippen molar-refractivity contribution in [1.82, 2.24) is 24.1 Å². The Kier molecular flexibility index (Phi) is 5.93. The van der Waals surface area contributed by atoms with Gasteiger partial charge in [0.2, 0.25) is 0 Å². The van der Waals surface area contributed by atoms with Crippen LogP contribution in [-0.4, -0.2) is 42.4 Å². The largest absolute Gasteiger partial charge is 0.339 e. The minimum atomic E-state index is -1.30. The third kappa shape index (κ3) is 4.76. The number of hydrogen-bond donors (Lipinski definition) is 2. The van der Waals surface area contributed by atoms with Gasteiger partial charge in [-0.05, 0) is 48.0 Å². The zero-order valence-corrected chi connectivity index (χ0v) is 18.0. The van der Waals surface area contributed by atoms with Gasteiger partial charge in [-0.1, -0.05) is 29.8 Å². The zero-order valence-electron chi connectivity index (χ0n) is 16.4. The highest BCUT2D eigenvalue weighted by Crippen LogP contribution is 2.20. The van der Waals surface area contributed by atoms with Crippen LogP contribution in [0, 0.1) is 0 Å². The van der Waals surface area contributed by atoms with Gasteiger partial charge in [-0.25, -0.2) is 8.51 Å².